The minimum atomic E-state index is -3.51. The first-order valence-corrected chi connectivity index (χ1v) is 12.0. The number of nitrogens with two attached hydrogens (primary N) is 1. The van der Waals surface area contributed by atoms with E-state index in [1.165, 1.54) is 18.4 Å². The molecule has 0 aromatic carbocycles. The summed E-state index contributed by atoms with van der Waals surface area (Å²) in [6, 6.07) is 0.526. The second-order valence-electron chi connectivity index (χ2n) is 7.83. The van der Waals surface area contributed by atoms with Gasteiger partial charge in [-0.25, -0.2) is 14.1 Å². The Morgan fingerprint density at radius 1 is 1.38 bits per heavy atom. The molecular weight excluding hydrogens is 412 g/mol. The van der Waals surface area contributed by atoms with Crippen molar-refractivity contribution in [2.75, 3.05) is 5.32 Å². The maximum absolute atomic E-state index is 12.8. The number of fused-ring (bicyclic) bond motifs is 2. The highest BCUT2D eigenvalue weighted by molar-refractivity contribution is 7.93. The lowest BCUT2D eigenvalue weighted by Crippen LogP contribution is -2.20. The number of anilines is 1. The van der Waals surface area contributed by atoms with Gasteiger partial charge in [0.2, 0.25) is 0 Å². The van der Waals surface area contributed by atoms with Gasteiger partial charge in [-0.3, -0.25) is 4.98 Å². The van der Waals surface area contributed by atoms with Gasteiger partial charge in [0.25, 0.3) is 0 Å². The van der Waals surface area contributed by atoms with Crippen LogP contribution in [-0.4, -0.2) is 25.4 Å². The third kappa shape index (κ3) is 3.82. The number of carbonyl (C=O) groups excluding carboxylic acids is 1. The molecule has 1 unspecified atom stereocenters. The maximum Gasteiger partial charge on any atom is 0.354 e. The topological polar surface area (TPSA) is 138 Å². The summed E-state index contributed by atoms with van der Waals surface area (Å²) in [5, 5.41) is 29.4. The number of carbonyl (C=O) groups is 1. The summed E-state index contributed by atoms with van der Waals surface area (Å²) < 4.78 is 16.7. The fraction of sp³-hybridized carbons (Fsp3) is 0.474. The first-order valence-electron chi connectivity index (χ1n) is 9.50. The lowest BCUT2D eigenvalue weighted by molar-refractivity contribution is -0.152. The van der Waals surface area contributed by atoms with Gasteiger partial charge in [0.05, 0.1) is 5.69 Å². The minimum absolute atomic E-state index is 0.107. The number of aryl methyl sites for hydroxylation is 1. The number of aromatic nitrogens is 1. The molecule has 0 bridgehead atoms. The van der Waals surface area contributed by atoms with E-state index in [1.807, 2.05) is 0 Å². The first kappa shape index (κ1) is 20.4. The van der Waals surface area contributed by atoms with E-state index in [0.717, 1.165) is 71.6 Å². The Morgan fingerprint density at radius 2 is 2.14 bits per heavy atom. The van der Waals surface area contributed by atoms with Crippen LogP contribution in [0.2, 0.25) is 0 Å². The molecule has 2 aliphatic rings. The molecular formula is C19H24N4O4S2. The molecule has 0 fully saturated rings. The molecule has 0 saturated heterocycles. The average molecular weight is 437 g/mol. The molecule has 2 aromatic heterocycles. The van der Waals surface area contributed by atoms with Crippen LogP contribution in [0.4, 0.5) is 10.5 Å². The minimum Gasteiger partial charge on any atom is -0.362 e. The van der Waals surface area contributed by atoms with Crippen LogP contribution in [0.25, 0.3) is 0 Å². The zero-order valence-corrected chi connectivity index (χ0v) is 17.9. The van der Waals surface area contributed by atoms with Crippen molar-refractivity contribution >= 4 is 33.0 Å². The molecule has 156 valence electrons. The molecule has 0 radical (unpaired) electrons. The van der Waals surface area contributed by atoms with Crippen LogP contribution in [0, 0.1) is 0 Å². The molecule has 2 aliphatic carbocycles. The number of nitrogens with one attached hydrogen (secondary N) is 1. The van der Waals surface area contributed by atoms with Crippen LogP contribution >= 0.6 is 11.3 Å². The van der Waals surface area contributed by atoms with Gasteiger partial charge in [0, 0.05) is 22.3 Å². The van der Waals surface area contributed by atoms with Gasteiger partial charge in [-0.15, -0.1) is 15.7 Å². The van der Waals surface area contributed by atoms with Crippen molar-refractivity contribution in [2.45, 2.75) is 61.9 Å². The number of amides is 2. The summed E-state index contributed by atoms with van der Waals surface area (Å²) >= 11 is 0.968. The van der Waals surface area contributed by atoms with Crippen molar-refractivity contribution in [3.8, 4) is 0 Å². The molecule has 0 aliphatic heterocycles. The molecule has 0 saturated carbocycles. The quantitative estimate of drug-likeness (QED) is 0.548. The van der Waals surface area contributed by atoms with E-state index in [2.05, 4.69) is 16.6 Å². The average Bonchev–Trinajstić information content (AvgIpc) is 3.33. The number of hydrogen-bond donors (Lipinski definition) is 4. The number of urea groups is 1. The summed E-state index contributed by atoms with van der Waals surface area (Å²) in [7, 11) is -3.51. The van der Waals surface area contributed by atoms with Gasteiger partial charge >= 0.3 is 6.03 Å². The molecule has 4 rings (SSSR count). The standard InChI is InChI=1S/C19H24N4O4S2/c1-10-6-7-13-16(10)21-14-5-3-4-12(14)17(13)22-18(24)23-29(20,27)15-8-11(9-28-15)19(2,25)26/h8-10,25-26H,3-7H2,1-2H3,(H3,20,21,22,23,24,27)/t10-,29?/m1/s1. The molecule has 2 aromatic rings. The van der Waals surface area contributed by atoms with Crippen LogP contribution < -0.4 is 10.5 Å². The zero-order valence-electron chi connectivity index (χ0n) is 16.3. The van der Waals surface area contributed by atoms with Crippen LogP contribution in [0.15, 0.2) is 20.0 Å². The largest absolute Gasteiger partial charge is 0.362 e. The summed E-state index contributed by atoms with van der Waals surface area (Å²) in [6.07, 6.45) is 4.55. The Morgan fingerprint density at radius 3 is 2.83 bits per heavy atom. The Balaban J connectivity index is 1.66. The molecule has 2 amide bonds. The Labute approximate surface area is 173 Å². The number of hydrogen-bond acceptors (Lipinski definition) is 6. The number of rotatable bonds is 3. The summed E-state index contributed by atoms with van der Waals surface area (Å²) in [5.41, 5.74) is 5.03. The highest BCUT2D eigenvalue weighted by atomic mass is 32.2. The fourth-order valence-electron chi connectivity index (χ4n) is 3.97. The van der Waals surface area contributed by atoms with E-state index in [-0.39, 0.29) is 9.77 Å². The van der Waals surface area contributed by atoms with E-state index < -0.39 is 21.7 Å². The van der Waals surface area contributed by atoms with Crippen molar-refractivity contribution in [3.05, 3.63) is 39.5 Å². The molecule has 2 heterocycles. The predicted octanol–water partition coefficient (Wildman–Crippen LogP) is 2.77. The third-order valence-corrected chi connectivity index (χ3v) is 8.37. The van der Waals surface area contributed by atoms with Gasteiger partial charge < -0.3 is 15.5 Å². The normalized spacial score (nSPS) is 20.1. The fourth-order valence-corrected chi connectivity index (χ4v) is 6.18. The van der Waals surface area contributed by atoms with Crippen molar-refractivity contribution in [3.63, 3.8) is 0 Å². The summed E-state index contributed by atoms with van der Waals surface area (Å²) in [6.45, 7) is 3.32. The first-order chi connectivity index (χ1) is 13.6. The van der Waals surface area contributed by atoms with Gasteiger partial charge in [0.15, 0.2) is 15.7 Å². The van der Waals surface area contributed by atoms with Gasteiger partial charge in [-0.1, -0.05) is 6.92 Å². The van der Waals surface area contributed by atoms with Gasteiger partial charge in [-0.2, -0.15) is 0 Å². The van der Waals surface area contributed by atoms with Crippen LogP contribution in [0.3, 0.4) is 0 Å². The second-order valence-corrected chi connectivity index (χ2v) is 10.8. The summed E-state index contributed by atoms with van der Waals surface area (Å²) in [5.74, 6) is -1.74. The van der Waals surface area contributed by atoms with Crippen LogP contribution in [-0.2, 0) is 35.0 Å². The van der Waals surface area contributed by atoms with E-state index in [9.17, 15) is 19.2 Å². The van der Waals surface area contributed by atoms with Gasteiger partial charge in [0.1, 0.15) is 4.21 Å². The van der Waals surface area contributed by atoms with Crippen LogP contribution in [0.1, 0.15) is 60.7 Å². The van der Waals surface area contributed by atoms with Crippen molar-refractivity contribution in [1.29, 1.82) is 0 Å². The van der Waals surface area contributed by atoms with E-state index in [4.69, 9.17) is 10.1 Å². The number of nitrogens with zero attached hydrogens (tertiary/aromatic N) is 2. The van der Waals surface area contributed by atoms with Gasteiger partial charge in [-0.05, 0) is 62.1 Å². The number of aliphatic hydroxyl groups is 2. The number of thiophene rings is 1. The Kier molecular flexibility index (Phi) is 5.02. The van der Waals surface area contributed by atoms with E-state index >= 15 is 0 Å². The molecule has 29 heavy (non-hydrogen) atoms. The monoisotopic (exact) mass is 436 g/mol. The second kappa shape index (κ2) is 7.13. The van der Waals surface area contributed by atoms with Crippen molar-refractivity contribution in [2.24, 2.45) is 9.50 Å². The highest BCUT2D eigenvalue weighted by Crippen LogP contribution is 2.41. The Hall–Kier alpha value is -1.85. The number of pyridine rings is 1. The van der Waals surface area contributed by atoms with E-state index in [1.54, 1.807) is 0 Å². The lowest BCUT2D eigenvalue weighted by Gasteiger charge is -2.15. The lowest BCUT2D eigenvalue weighted by atomic mass is 10.0. The molecule has 8 nitrogen and oxygen atoms in total. The van der Waals surface area contributed by atoms with Crippen molar-refractivity contribution < 1.29 is 19.2 Å². The molecule has 0 spiro atoms. The smallest absolute Gasteiger partial charge is 0.354 e. The predicted molar refractivity (Wildman–Crippen MR) is 111 cm³/mol. The van der Waals surface area contributed by atoms with Crippen LogP contribution in [0.5, 0.6) is 0 Å². The van der Waals surface area contributed by atoms with Crippen molar-refractivity contribution in [1.82, 2.24) is 4.98 Å². The van der Waals surface area contributed by atoms with E-state index in [0.29, 0.717) is 5.92 Å². The molecule has 2 atom stereocenters. The third-order valence-electron chi connectivity index (χ3n) is 5.51. The summed E-state index contributed by atoms with van der Waals surface area (Å²) in [4.78, 5) is 17.5. The SMILES string of the molecule is C[C@@H]1CCc2c1nc1c(c2NC(=O)N=S(N)(=O)c2cc(C(C)(O)O)cs2)CCC1. The zero-order chi connectivity index (χ0) is 21.0. The highest BCUT2D eigenvalue weighted by Gasteiger charge is 2.30. The molecule has 10 heteroatoms. The maximum atomic E-state index is 12.8. The Bertz CT molecular complexity index is 1110. The molecule has 5 N–H and O–H groups in total.